The van der Waals surface area contributed by atoms with Crippen molar-refractivity contribution in [1.29, 1.82) is 0 Å². The highest BCUT2D eigenvalue weighted by Crippen LogP contribution is 2.26. The number of rotatable bonds is 6. The van der Waals surface area contributed by atoms with Crippen molar-refractivity contribution in [2.75, 3.05) is 27.4 Å². The number of halogens is 1. The van der Waals surface area contributed by atoms with E-state index >= 15 is 0 Å². The molecule has 0 bridgehead atoms. The Balaban J connectivity index is 2.66. The van der Waals surface area contributed by atoms with Crippen molar-refractivity contribution >= 4 is 21.9 Å². The van der Waals surface area contributed by atoms with Crippen molar-refractivity contribution in [3.05, 3.63) is 28.2 Å². The number of carbonyl (C=O) groups is 1. The fourth-order valence-electron chi connectivity index (χ4n) is 1.24. The summed E-state index contributed by atoms with van der Waals surface area (Å²) in [6, 6.07) is 5.10. The third kappa shape index (κ3) is 4.36. The van der Waals surface area contributed by atoms with E-state index in [2.05, 4.69) is 20.7 Å². The lowest BCUT2D eigenvalue weighted by atomic mass is 10.2. The molecule has 1 aromatic rings. The van der Waals surface area contributed by atoms with Gasteiger partial charge in [-0.05, 0) is 34.1 Å². The Hall–Kier alpha value is -1.07. The van der Waals surface area contributed by atoms with Crippen LogP contribution in [0, 0.1) is 0 Å². The monoisotopic (exact) mass is 302 g/mol. The number of hydrogen-bond acceptors (Lipinski definition) is 4. The van der Waals surface area contributed by atoms with Crippen molar-refractivity contribution in [3.8, 4) is 5.75 Å². The fraction of sp³-hybridized carbons (Fsp3) is 0.417. The summed E-state index contributed by atoms with van der Waals surface area (Å²) < 4.78 is 15.9. The first-order valence-electron chi connectivity index (χ1n) is 5.18. The minimum Gasteiger partial charge on any atom is -0.492 e. The molecule has 5 heteroatoms. The van der Waals surface area contributed by atoms with Gasteiger partial charge in [0.05, 0.1) is 23.8 Å². The zero-order valence-corrected chi connectivity index (χ0v) is 11.5. The standard InChI is InChI=1S/C12H15BrO4/c1-15-6-3-7-17-11-8-9(12(14)16-2)4-5-10(11)13/h4-5,8H,3,6-7H2,1-2H3. The Labute approximate surface area is 109 Å². The Bertz CT molecular complexity index is 379. The first kappa shape index (κ1) is 14.0. The fourth-order valence-corrected chi connectivity index (χ4v) is 1.61. The molecule has 0 spiro atoms. The van der Waals surface area contributed by atoms with E-state index in [0.29, 0.717) is 24.5 Å². The van der Waals surface area contributed by atoms with Crippen LogP contribution in [-0.2, 0) is 9.47 Å². The molecule has 0 amide bonds. The van der Waals surface area contributed by atoms with Gasteiger partial charge >= 0.3 is 5.97 Å². The molecule has 0 unspecified atom stereocenters. The largest absolute Gasteiger partial charge is 0.492 e. The zero-order chi connectivity index (χ0) is 12.7. The lowest BCUT2D eigenvalue weighted by Gasteiger charge is -2.09. The molecule has 0 saturated heterocycles. The normalized spacial score (nSPS) is 10.1. The summed E-state index contributed by atoms with van der Waals surface area (Å²) in [4.78, 5) is 11.3. The average molecular weight is 303 g/mol. The lowest BCUT2D eigenvalue weighted by Crippen LogP contribution is -2.04. The van der Waals surface area contributed by atoms with Gasteiger partial charge in [0.1, 0.15) is 5.75 Å². The summed E-state index contributed by atoms with van der Waals surface area (Å²) in [6.45, 7) is 1.19. The van der Waals surface area contributed by atoms with Crippen LogP contribution in [0.25, 0.3) is 0 Å². The van der Waals surface area contributed by atoms with Crippen LogP contribution in [0.4, 0.5) is 0 Å². The zero-order valence-electron chi connectivity index (χ0n) is 9.86. The number of carbonyl (C=O) groups excluding carboxylic acids is 1. The molecule has 0 aromatic heterocycles. The molecule has 0 aliphatic carbocycles. The Kier molecular flexibility index (Phi) is 6.00. The first-order valence-corrected chi connectivity index (χ1v) is 5.98. The maximum Gasteiger partial charge on any atom is 0.337 e. The highest BCUT2D eigenvalue weighted by Gasteiger charge is 2.09. The van der Waals surface area contributed by atoms with Crippen molar-refractivity contribution < 1.29 is 19.0 Å². The van der Waals surface area contributed by atoms with Crippen LogP contribution >= 0.6 is 15.9 Å². The molecule has 17 heavy (non-hydrogen) atoms. The molecule has 0 aliphatic heterocycles. The molecule has 0 saturated carbocycles. The van der Waals surface area contributed by atoms with Crippen LogP contribution < -0.4 is 4.74 Å². The molecule has 0 radical (unpaired) electrons. The van der Waals surface area contributed by atoms with Crippen molar-refractivity contribution in [3.63, 3.8) is 0 Å². The molecule has 0 N–H and O–H groups in total. The molecule has 0 heterocycles. The second kappa shape index (κ2) is 7.29. The molecule has 0 atom stereocenters. The van der Waals surface area contributed by atoms with Gasteiger partial charge in [0.15, 0.2) is 0 Å². The van der Waals surface area contributed by atoms with Gasteiger partial charge in [0, 0.05) is 20.1 Å². The van der Waals surface area contributed by atoms with Crippen LogP contribution in [-0.4, -0.2) is 33.4 Å². The van der Waals surface area contributed by atoms with E-state index in [1.54, 1.807) is 25.3 Å². The van der Waals surface area contributed by atoms with Gasteiger partial charge < -0.3 is 14.2 Å². The number of benzene rings is 1. The molecular weight excluding hydrogens is 288 g/mol. The summed E-state index contributed by atoms with van der Waals surface area (Å²) in [5.41, 5.74) is 0.470. The summed E-state index contributed by atoms with van der Waals surface area (Å²) in [5, 5.41) is 0. The minimum absolute atomic E-state index is 0.376. The lowest BCUT2D eigenvalue weighted by molar-refractivity contribution is 0.0600. The van der Waals surface area contributed by atoms with E-state index in [0.717, 1.165) is 10.9 Å². The minimum atomic E-state index is -0.376. The highest BCUT2D eigenvalue weighted by molar-refractivity contribution is 9.10. The summed E-state index contributed by atoms with van der Waals surface area (Å²) >= 11 is 3.36. The SMILES string of the molecule is COCCCOc1cc(C(=O)OC)ccc1Br. The van der Waals surface area contributed by atoms with Gasteiger partial charge in [-0.3, -0.25) is 0 Å². The first-order chi connectivity index (χ1) is 8.19. The van der Waals surface area contributed by atoms with Crippen molar-refractivity contribution in [2.45, 2.75) is 6.42 Å². The highest BCUT2D eigenvalue weighted by atomic mass is 79.9. The quantitative estimate of drug-likeness (QED) is 0.598. The second-order valence-corrected chi connectivity index (χ2v) is 4.19. The second-order valence-electron chi connectivity index (χ2n) is 3.33. The Morgan fingerprint density at radius 1 is 1.29 bits per heavy atom. The molecule has 0 fully saturated rings. The molecular formula is C12H15BrO4. The van der Waals surface area contributed by atoms with E-state index in [-0.39, 0.29) is 5.97 Å². The summed E-state index contributed by atoms with van der Waals surface area (Å²) in [6.07, 6.45) is 0.797. The van der Waals surface area contributed by atoms with E-state index in [9.17, 15) is 4.79 Å². The van der Waals surface area contributed by atoms with Crippen LogP contribution in [0.2, 0.25) is 0 Å². The third-order valence-corrected chi connectivity index (χ3v) is 2.76. The Morgan fingerprint density at radius 3 is 2.71 bits per heavy atom. The summed E-state index contributed by atoms with van der Waals surface area (Å²) in [5.74, 6) is 0.253. The van der Waals surface area contributed by atoms with Crippen LogP contribution in [0.15, 0.2) is 22.7 Å². The number of esters is 1. The molecule has 4 nitrogen and oxygen atoms in total. The molecule has 0 aliphatic rings. The van der Waals surface area contributed by atoms with E-state index < -0.39 is 0 Å². The number of ether oxygens (including phenoxy) is 3. The smallest absolute Gasteiger partial charge is 0.337 e. The predicted octanol–water partition coefficient (Wildman–Crippen LogP) is 2.65. The molecule has 1 aromatic carbocycles. The van der Waals surface area contributed by atoms with Crippen LogP contribution in [0.3, 0.4) is 0 Å². The van der Waals surface area contributed by atoms with Crippen LogP contribution in [0.1, 0.15) is 16.8 Å². The topological polar surface area (TPSA) is 44.8 Å². The van der Waals surface area contributed by atoms with Crippen LogP contribution in [0.5, 0.6) is 5.75 Å². The Morgan fingerprint density at radius 2 is 2.06 bits per heavy atom. The maximum absolute atomic E-state index is 11.3. The van der Waals surface area contributed by atoms with Crippen molar-refractivity contribution in [2.24, 2.45) is 0 Å². The summed E-state index contributed by atoms with van der Waals surface area (Å²) in [7, 11) is 3.00. The van der Waals surface area contributed by atoms with Gasteiger partial charge in [-0.25, -0.2) is 4.79 Å². The molecule has 1 rings (SSSR count). The van der Waals surface area contributed by atoms with E-state index in [1.807, 2.05) is 0 Å². The van der Waals surface area contributed by atoms with Gasteiger partial charge in [-0.15, -0.1) is 0 Å². The maximum atomic E-state index is 11.3. The number of methoxy groups -OCH3 is 2. The van der Waals surface area contributed by atoms with Gasteiger partial charge in [0.2, 0.25) is 0 Å². The van der Waals surface area contributed by atoms with E-state index in [1.165, 1.54) is 7.11 Å². The van der Waals surface area contributed by atoms with Gasteiger partial charge in [0.25, 0.3) is 0 Å². The predicted molar refractivity (Wildman–Crippen MR) is 67.5 cm³/mol. The van der Waals surface area contributed by atoms with Gasteiger partial charge in [-0.1, -0.05) is 0 Å². The average Bonchev–Trinajstić information content (AvgIpc) is 2.35. The van der Waals surface area contributed by atoms with Crippen molar-refractivity contribution in [1.82, 2.24) is 0 Å². The number of hydrogen-bond donors (Lipinski definition) is 0. The third-order valence-electron chi connectivity index (χ3n) is 2.10. The molecule has 94 valence electrons. The van der Waals surface area contributed by atoms with E-state index in [4.69, 9.17) is 9.47 Å². The van der Waals surface area contributed by atoms with Gasteiger partial charge in [-0.2, -0.15) is 0 Å².